The summed E-state index contributed by atoms with van der Waals surface area (Å²) in [5.41, 5.74) is 9.24. The van der Waals surface area contributed by atoms with Gasteiger partial charge in [-0.25, -0.2) is 0 Å². The molecule has 1 saturated heterocycles. The van der Waals surface area contributed by atoms with E-state index in [2.05, 4.69) is 10.2 Å². The zero-order chi connectivity index (χ0) is 19.4. The first-order valence-electron chi connectivity index (χ1n) is 10.1. The topological polar surface area (TPSA) is 78.7 Å². The Morgan fingerprint density at radius 2 is 1.79 bits per heavy atom. The van der Waals surface area contributed by atoms with Crippen molar-refractivity contribution >= 4 is 42.3 Å². The number of rotatable bonds is 5. The Morgan fingerprint density at radius 3 is 2.41 bits per heavy atom. The molecule has 2 atom stereocenters. The lowest BCUT2D eigenvalue weighted by atomic mass is 9.99. The fourth-order valence-electron chi connectivity index (χ4n) is 4.11. The predicted molar refractivity (Wildman–Crippen MR) is 122 cm³/mol. The quantitative estimate of drug-likeness (QED) is 0.731. The molecular weight excluding hydrogens is 411 g/mol. The van der Waals surface area contributed by atoms with Gasteiger partial charge < -0.3 is 16.0 Å². The minimum atomic E-state index is 0. The molecule has 0 bridgehead atoms. The van der Waals surface area contributed by atoms with E-state index in [-0.39, 0.29) is 42.7 Å². The molecule has 3 rings (SSSR count). The molecule has 0 aromatic heterocycles. The normalized spacial score (nSPS) is 21.8. The summed E-state index contributed by atoms with van der Waals surface area (Å²) >= 11 is 0. The van der Waals surface area contributed by atoms with E-state index in [0.717, 1.165) is 43.6 Å². The number of hydrogen-bond donors (Lipinski definition) is 2. The Balaban J connectivity index is 0.00000210. The van der Waals surface area contributed by atoms with Gasteiger partial charge in [0.2, 0.25) is 11.8 Å². The first-order valence-corrected chi connectivity index (χ1v) is 10.1. The van der Waals surface area contributed by atoms with Gasteiger partial charge in [0, 0.05) is 44.3 Å². The molecule has 1 aliphatic heterocycles. The number of halogens is 2. The maximum absolute atomic E-state index is 12.5. The van der Waals surface area contributed by atoms with Crippen LogP contribution in [-0.4, -0.2) is 60.4 Å². The van der Waals surface area contributed by atoms with Gasteiger partial charge in [-0.05, 0) is 49.8 Å². The van der Waals surface area contributed by atoms with Crippen LogP contribution in [-0.2, 0) is 9.59 Å². The second kappa shape index (κ2) is 11.7. The zero-order valence-corrected chi connectivity index (χ0v) is 19.0. The fourth-order valence-corrected chi connectivity index (χ4v) is 4.11. The molecule has 2 amide bonds. The predicted octanol–water partition coefficient (Wildman–Crippen LogP) is 2.75. The smallest absolute Gasteiger partial charge is 0.238 e. The number of carbonyl (C=O) groups excluding carboxylic acids is 2. The number of nitrogens with two attached hydrogens (primary N) is 1. The zero-order valence-electron chi connectivity index (χ0n) is 17.4. The maximum Gasteiger partial charge on any atom is 0.238 e. The van der Waals surface area contributed by atoms with Crippen LogP contribution in [0.1, 0.15) is 36.8 Å². The van der Waals surface area contributed by atoms with Crippen LogP contribution in [0.25, 0.3) is 0 Å². The first kappa shape index (κ1) is 25.7. The average molecular weight is 445 g/mol. The van der Waals surface area contributed by atoms with E-state index in [1.54, 1.807) is 0 Å². The van der Waals surface area contributed by atoms with Crippen LogP contribution in [0.4, 0.5) is 5.69 Å². The number of nitrogens with one attached hydrogen (secondary N) is 1. The second-order valence-corrected chi connectivity index (χ2v) is 8.01. The maximum atomic E-state index is 12.5. The Morgan fingerprint density at radius 1 is 1.10 bits per heavy atom. The summed E-state index contributed by atoms with van der Waals surface area (Å²) in [7, 11) is 0. The van der Waals surface area contributed by atoms with Gasteiger partial charge >= 0.3 is 0 Å². The van der Waals surface area contributed by atoms with Crippen LogP contribution in [0.2, 0.25) is 0 Å². The molecule has 0 spiro atoms. The van der Waals surface area contributed by atoms with Crippen LogP contribution >= 0.6 is 24.8 Å². The van der Waals surface area contributed by atoms with E-state index in [1.807, 2.05) is 36.9 Å². The van der Waals surface area contributed by atoms with Crippen LogP contribution in [0.3, 0.4) is 0 Å². The van der Waals surface area contributed by atoms with Gasteiger partial charge in [0.25, 0.3) is 0 Å². The van der Waals surface area contributed by atoms with Crippen LogP contribution in [0, 0.1) is 19.8 Å². The first-order chi connectivity index (χ1) is 12.9. The molecule has 29 heavy (non-hydrogen) atoms. The largest absolute Gasteiger partial charge is 0.340 e. The highest BCUT2D eigenvalue weighted by Gasteiger charge is 2.29. The molecule has 3 N–H and O–H groups in total. The molecule has 2 fully saturated rings. The summed E-state index contributed by atoms with van der Waals surface area (Å²) in [6, 6.07) is 6.12. The summed E-state index contributed by atoms with van der Waals surface area (Å²) in [6.07, 6.45) is 3.84. The lowest BCUT2D eigenvalue weighted by Crippen LogP contribution is -2.51. The van der Waals surface area contributed by atoms with Crippen molar-refractivity contribution in [3.05, 3.63) is 29.3 Å². The molecule has 1 aliphatic carbocycles. The van der Waals surface area contributed by atoms with Crippen molar-refractivity contribution in [2.75, 3.05) is 38.0 Å². The summed E-state index contributed by atoms with van der Waals surface area (Å²) < 4.78 is 0. The molecule has 1 saturated carbocycles. The Labute approximate surface area is 186 Å². The van der Waals surface area contributed by atoms with Gasteiger partial charge in [-0.2, -0.15) is 0 Å². The van der Waals surface area contributed by atoms with E-state index >= 15 is 0 Å². The molecule has 6 nitrogen and oxygen atoms in total. The number of piperazine rings is 1. The Hall–Kier alpha value is -1.34. The highest BCUT2D eigenvalue weighted by atomic mass is 35.5. The fraction of sp³-hybridized carbons (Fsp3) is 0.619. The van der Waals surface area contributed by atoms with E-state index in [0.29, 0.717) is 32.0 Å². The summed E-state index contributed by atoms with van der Waals surface area (Å²) in [5.74, 6) is 0.566. The minimum absolute atomic E-state index is 0. The van der Waals surface area contributed by atoms with E-state index in [9.17, 15) is 9.59 Å². The SMILES string of the molecule is Cc1cccc(NC(=O)CN2CCN(C(=O)C[C@@H]3CCC[C@H]3N)CC2)c1C.Cl.Cl. The van der Waals surface area contributed by atoms with E-state index < -0.39 is 0 Å². The van der Waals surface area contributed by atoms with Gasteiger partial charge in [0.1, 0.15) is 0 Å². The van der Waals surface area contributed by atoms with Crippen molar-refractivity contribution in [3.63, 3.8) is 0 Å². The molecule has 0 radical (unpaired) electrons. The molecule has 8 heteroatoms. The number of amides is 2. The molecule has 164 valence electrons. The standard InChI is InChI=1S/C21H32N4O2.2ClH/c1-15-5-3-8-19(16(15)2)23-20(26)14-24-9-11-25(12-10-24)21(27)13-17-6-4-7-18(17)22;;/h3,5,8,17-18H,4,6-7,9-14,22H2,1-2H3,(H,23,26);2*1H/t17-,18+;;/m0../s1. The van der Waals surface area contributed by atoms with E-state index in [4.69, 9.17) is 5.73 Å². The van der Waals surface area contributed by atoms with Crippen molar-refractivity contribution in [3.8, 4) is 0 Å². The van der Waals surface area contributed by atoms with Crippen LogP contribution in [0.5, 0.6) is 0 Å². The van der Waals surface area contributed by atoms with Crippen molar-refractivity contribution in [2.45, 2.75) is 45.6 Å². The lowest BCUT2D eigenvalue weighted by Gasteiger charge is -2.35. The molecule has 1 aromatic carbocycles. The van der Waals surface area contributed by atoms with Gasteiger partial charge in [0.15, 0.2) is 0 Å². The van der Waals surface area contributed by atoms with Crippen molar-refractivity contribution in [2.24, 2.45) is 11.7 Å². The molecule has 1 heterocycles. The number of anilines is 1. The summed E-state index contributed by atoms with van der Waals surface area (Å²) in [6.45, 7) is 7.29. The highest BCUT2D eigenvalue weighted by molar-refractivity contribution is 5.93. The third-order valence-electron chi connectivity index (χ3n) is 6.13. The highest BCUT2D eigenvalue weighted by Crippen LogP contribution is 2.27. The molecule has 1 aromatic rings. The third kappa shape index (κ3) is 6.85. The summed E-state index contributed by atoms with van der Waals surface area (Å²) in [4.78, 5) is 28.9. The van der Waals surface area contributed by atoms with Gasteiger partial charge in [-0.15, -0.1) is 24.8 Å². The average Bonchev–Trinajstić information content (AvgIpc) is 3.04. The van der Waals surface area contributed by atoms with Crippen molar-refractivity contribution in [1.82, 2.24) is 9.80 Å². The van der Waals surface area contributed by atoms with Gasteiger partial charge in [-0.3, -0.25) is 14.5 Å². The minimum Gasteiger partial charge on any atom is -0.340 e. The lowest BCUT2D eigenvalue weighted by molar-refractivity contribution is -0.134. The van der Waals surface area contributed by atoms with Crippen molar-refractivity contribution in [1.29, 1.82) is 0 Å². The second-order valence-electron chi connectivity index (χ2n) is 8.01. The van der Waals surface area contributed by atoms with Gasteiger partial charge in [-0.1, -0.05) is 18.6 Å². The van der Waals surface area contributed by atoms with Crippen LogP contribution in [0.15, 0.2) is 18.2 Å². The number of hydrogen-bond acceptors (Lipinski definition) is 4. The Bertz CT molecular complexity index is 693. The number of nitrogens with zero attached hydrogens (tertiary/aromatic N) is 2. The molecule has 0 unspecified atom stereocenters. The molecular formula is C21H34Cl2N4O2. The van der Waals surface area contributed by atoms with E-state index in [1.165, 1.54) is 5.56 Å². The summed E-state index contributed by atoms with van der Waals surface area (Å²) in [5, 5.41) is 3.01. The number of aryl methyl sites for hydroxylation is 1. The number of carbonyl (C=O) groups is 2. The van der Waals surface area contributed by atoms with Crippen molar-refractivity contribution < 1.29 is 9.59 Å². The number of benzene rings is 1. The Kier molecular flexibility index (Phi) is 10.4. The van der Waals surface area contributed by atoms with Gasteiger partial charge in [0.05, 0.1) is 6.54 Å². The molecule has 2 aliphatic rings. The third-order valence-corrected chi connectivity index (χ3v) is 6.13. The van der Waals surface area contributed by atoms with Crippen LogP contribution < -0.4 is 11.1 Å². The monoisotopic (exact) mass is 444 g/mol.